The van der Waals surface area contributed by atoms with Crippen LogP contribution < -0.4 is 15.4 Å². The normalized spacial score (nSPS) is 12.7. The summed E-state index contributed by atoms with van der Waals surface area (Å²) in [6.07, 6.45) is -2.35. The SMILES string of the molecule is CCNC(=NCc1ncc(C(C)(C)C)o1)NCCc1ccc(OC(F)(F)F)cc1. The monoisotopic (exact) mass is 412 g/mol. The van der Waals surface area contributed by atoms with E-state index in [0.717, 1.165) is 11.3 Å². The van der Waals surface area contributed by atoms with Crippen molar-refractivity contribution in [2.24, 2.45) is 4.99 Å². The molecule has 0 saturated heterocycles. The van der Waals surface area contributed by atoms with Crippen molar-refractivity contribution >= 4 is 5.96 Å². The van der Waals surface area contributed by atoms with Crippen LogP contribution >= 0.6 is 0 Å². The van der Waals surface area contributed by atoms with Gasteiger partial charge in [0.1, 0.15) is 18.1 Å². The van der Waals surface area contributed by atoms with E-state index in [1.807, 2.05) is 27.7 Å². The van der Waals surface area contributed by atoms with Crippen molar-refractivity contribution < 1.29 is 22.3 Å². The van der Waals surface area contributed by atoms with Gasteiger partial charge >= 0.3 is 6.36 Å². The molecule has 1 aromatic carbocycles. The third kappa shape index (κ3) is 8.05. The second-order valence-electron chi connectivity index (χ2n) is 7.43. The zero-order valence-electron chi connectivity index (χ0n) is 17.1. The Hall–Kier alpha value is -2.71. The molecule has 2 rings (SSSR count). The van der Waals surface area contributed by atoms with E-state index >= 15 is 0 Å². The quantitative estimate of drug-likeness (QED) is 0.528. The Bertz CT molecular complexity index is 793. The molecule has 0 amide bonds. The number of nitrogens with one attached hydrogen (secondary N) is 2. The number of guanidine groups is 1. The van der Waals surface area contributed by atoms with Crippen LogP contribution in [0.2, 0.25) is 0 Å². The van der Waals surface area contributed by atoms with E-state index in [4.69, 9.17) is 4.42 Å². The molecule has 0 unspecified atom stereocenters. The molecule has 29 heavy (non-hydrogen) atoms. The van der Waals surface area contributed by atoms with Crippen molar-refractivity contribution in [3.63, 3.8) is 0 Å². The van der Waals surface area contributed by atoms with Gasteiger partial charge in [-0.3, -0.25) is 0 Å². The van der Waals surface area contributed by atoms with E-state index in [-0.39, 0.29) is 11.2 Å². The summed E-state index contributed by atoms with van der Waals surface area (Å²) in [6, 6.07) is 5.82. The topological polar surface area (TPSA) is 71.7 Å². The summed E-state index contributed by atoms with van der Waals surface area (Å²) < 4.78 is 46.2. The Kier molecular flexibility index (Phi) is 7.53. The molecule has 0 aliphatic carbocycles. The minimum atomic E-state index is -4.68. The van der Waals surface area contributed by atoms with Gasteiger partial charge < -0.3 is 19.8 Å². The number of ether oxygens (including phenoxy) is 1. The van der Waals surface area contributed by atoms with E-state index in [9.17, 15) is 13.2 Å². The van der Waals surface area contributed by atoms with E-state index in [0.29, 0.717) is 37.9 Å². The van der Waals surface area contributed by atoms with Crippen LogP contribution in [-0.2, 0) is 18.4 Å². The van der Waals surface area contributed by atoms with E-state index < -0.39 is 6.36 Å². The second kappa shape index (κ2) is 9.67. The first-order valence-electron chi connectivity index (χ1n) is 9.39. The molecule has 0 spiro atoms. The average molecular weight is 412 g/mol. The number of alkyl halides is 3. The van der Waals surface area contributed by atoms with E-state index in [2.05, 4.69) is 25.3 Å². The second-order valence-corrected chi connectivity index (χ2v) is 7.43. The van der Waals surface area contributed by atoms with Crippen molar-refractivity contribution in [3.05, 3.63) is 47.7 Å². The Labute approximate surface area is 168 Å². The van der Waals surface area contributed by atoms with Crippen LogP contribution in [-0.4, -0.2) is 30.4 Å². The number of aromatic nitrogens is 1. The van der Waals surface area contributed by atoms with Gasteiger partial charge in [-0.2, -0.15) is 0 Å². The van der Waals surface area contributed by atoms with Crippen LogP contribution in [0.3, 0.4) is 0 Å². The van der Waals surface area contributed by atoms with Gasteiger partial charge in [-0.25, -0.2) is 9.98 Å². The van der Waals surface area contributed by atoms with Gasteiger partial charge in [0.05, 0.1) is 6.20 Å². The predicted molar refractivity (Wildman–Crippen MR) is 105 cm³/mol. The Morgan fingerprint density at radius 1 is 1.14 bits per heavy atom. The fourth-order valence-corrected chi connectivity index (χ4v) is 2.40. The molecule has 0 aliphatic rings. The molecule has 1 aromatic heterocycles. The smallest absolute Gasteiger partial charge is 0.443 e. The maximum Gasteiger partial charge on any atom is 0.573 e. The molecular formula is C20H27F3N4O2. The zero-order valence-corrected chi connectivity index (χ0v) is 17.1. The Morgan fingerprint density at radius 3 is 2.38 bits per heavy atom. The molecule has 0 atom stereocenters. The molecule has 0 fully saturated rings. The number of oxazole rings is 1. The zero-order chi connectivity index (χ0) is 21.5. The lowest BCUT2D eigenvalue weighted by molar-refractivity contribution is -0.274. The molecule has 160 valence electrons. The molecule has 0 radical (unpaired) electrons. The Morgan fingerprint density at radius 2 is 1.83 bits per heavy atom. The summed E-state index contributed by atoms with van der Waals surface area (Å²) in [6.45, 7) is 9.66. The molecule has 9 heteroatoms. The van der Waals surface area contributed by atoms with Crippen molar-refractivity contribution in [1.29, 1.82) is 0 Å². The van der Waals surface area contributed by atoms with Crippen molar-refractivity contribution in [2.45, 2.75) is 52.4 Å². The van der Waals surface area contributed by atoms with Gasteiger partial charge in [-0.05, 0) is 31.0 Å². The lowest BCUT2D eigenvalue weighted by atomic mass is 9.94. The Balaban J connectivity index is 1.87. The largest absolute Gasteiger partial charge is 0.573 e. The lowest BCUT2D eigenvalue weighted by Gasteiger charge is -2.13. The van der Waals surface area contributed by atoms with Crippen LogP contribution in [0, 0.1) is 0 Å². The number of hydrogen-bond donors (Lipinski definition) is 2. The molecule has 6 nitrogen and oxygen atoms in total. The number of rotatable bonds is 7. The highest BCUT2D eigenvalue weighted by atomic mass is 19.4. The number of benzene rings is 1. The summed E-state index contributed by atoms with van der Waals surface area (Å²) >= 11 is 0. The van der Waals surface area contributed by atoms with Crippen LogP contribution in [0.1, 0.15) is 44.9 Å². The molecule has 0 saturated carbocycles. The molecule has 2 N–H and O–H groups in total. The van der Waals surface area contributed by atoms with Gasteiger partial charge in [-0.1, -0.05) is 32.9 Å². The summed E-state index contributed by atoms with van der Waals surface area (Å²) in [5, 5.41) is 6.32. The van der Waals surface area contributed by atoms with Crippen LogP contribution in [0.15, 0.2) is 39.9 Å². The number of halogens is 3. The van der Waals surface area contributed by atoms with Gasteiger partial charge in [0.2, 0.25) is 5.89 Å². The standard InChI is InChI=1S/C20H27F3N4O2/c1-5-24-18(27-13-17-26-12-16(28-17)19(2,3)4)25-11-10-14-6-8-15(9-7-14)29-20(21,22)23/h6-9,12H,5,10-11,13H2,1-4H3,(H2,24,25,27). The van der Waals surface area contributed by atoms with Crippen LogP contribution in [0.25, 0.3) is 0 Å². The summed E-state index contributed by atoms with van der Waals surface area (Å²) in [7, 11) is 0. The van der Waals surface area contributed by atoms with Crippen LogP contribution in [0.5, 0.6) is 5.75 Å². The molecule has 0 bridgehead atoms. The molecule has 0 aliphatic heterocycles. The molecule has 1 heterocycles. The average Bonchev–Trinajstić information content (AvgIpc) is 3.09. The van der Waals surface area contributed by atoms with Gasteiger partial charge in [0, 0.05) is 18.5 Å². The van der Waals surface area contributed by atoms with Gasteiger partial charge in [-0.15, -0.1) is 13.2 Å². The van der Waals surface area contributed by atoms with Crippen molar-refractivity contribution in [3.8, 4) is 5.75 Å². The third-order valence-corrected chi connectivity index (χ3v) is 3.87. The lowest BCUT2D eigenvalue weighted by Crippen LogP contribution is -2.38. The summed E-state index contributed by atoms with van der Waals surface area (Å²) in [5.74, 6) is 1.72. The summed E-state index contributed by atoms with van der Waals surface area (Å²) in [5.41, 5.74) is 0.767. The van der Waals surface area contributed by atoms with Gasteiger partial charge in [0.25, 0.3) is 0 Å². The highest BCUT2D eigenvalue weighted by molar-refractivity contribution is 5.79. The number of nitrogens with zero attached hydrogens (tertiary/aromatic N) is 2. The highest BCUT2D eigenvalue weighted by Gasteiger charge is 2.30. The maximum absolute atomic E-state index is 12.2. The minimum Gasteiger partial charge on any atom is -0.443 e. The fraction of sp³-hybridized carbons (Fsp3) is 0.500. The number of hydrogen-bond acceptors (Lipinski definition) is 4. The maximum atomic E-state index is 12.2. The number of aliphatic imine (C=N–C) groups is 1. The minimum absolute atomic E-state index is 0.113. The molecule has 2 aromatic rings. The first kappa shape index (κ1) is 22.6. The highest BCUT2D eigenvalue weighted by Crippen LogP contribution is 2.23. The first-order valence-corrected chi connectivity index (χ1v) is 9.39. The van der Waals surface area contributed by atoms with Gasteiger partial charge in [0.15, 0.2) is 5.96 Å². The molecular weight excluding hydrogens is 385 g/mol. The van der Waals surface area contributed by atoms with Crippen molar-refractivity contribution in [1.82, 2.24) is 15.6 Å². The predicted octanol–water partition coefficient (Wildman–Crippen LogP) is 4.17. The van der Waals surface area contributed by atoms with E-state index in [1.165, 1.54) is 12.1 Å². The third-order valence-electron chi connectivity index (χ3n) is 3.87. The van der Waals surface area contributed by atoms with Crippen LogP contribution in [0.4, 0.5) is 13.2 Å². The first-order chi connectivity index (χ1) is 13.6. The van der Waals surface area contributed by atoms with Crippen molar-refractivity contribution in [2.75, 3.05) is 13.1 Å². The van der Waals surface area contributed by atoms with E-state index in [1.54, 1.807) is 18.3 Å². The summed E-state index contributed by atoms with van der Waals surface area (Å²) in [4.78, 5) is 8.71. The fourth-order valence-electron chi connectivity index (χ4n) is 2.40.